The molecule has 0 unspecified atom stereocenters. The number of methoxy groups -OCH3 is 1. The van der Waals surface area contributed by atoms with E-state index in [0.717, 1.165) is 6.42 Å². The molecule has 0 aliphatic carbocycles. The molecule has 2 heterocycles. The fourth-order valence-electron chi connectivity index (χ4n) is 2.34. The van der Waals surface area contributed by atoms with Gasteiger partial charge >= 0.3 is 0 Å². The van der Waals surface area contributed by atoms with E-state index in [1.807, 2.05) is 17.5 Å². The third-order valence-electron chi connectivity index (χ3n) is 3.57. The second-order valence-corrected chi connectivity index (χ2v) is 6.06. The monoisotopic (exact) mass is 328 g/mol. The standard InChI is InChI=1S/C17H16N2O3S/c1-22-11-4-5-15-13(9-11)16(20)14(10-19-15)17(21)18-7-6-12-3-2-8-23-12/h2-5,8-10H,6-7H2,1H3,(H,18,21)(H,19,20). The fourth-order valence-corrected chi connectivity index (χ4v) is 3.05. The van der Waals surface area contributed by atoms with Gasteiger partial charge in [0.2, 0.25) is 5.43 Å². The minimum Gasteiger partial charge on any atom is -0.497 e. The van der Waals surface area contributed by atoms with Gasteiger partial charge in [-0.25, -0.2) is 0 Å². The van der Waals surface area contributed by atoms with Gasteiger partial charge in [0.25, 0.3) is 5.91 Å². The summed E-state index contributed by atoms with van der Waals surface area (Å²) in [7, 11) is 1.54. The molecule has 5 nitrogen and oxygen atoms in total. The molecule has 0 bridgehead atoms. The Kier molecular flexibility index (Phi) is 4.43. The molecule has 2 N–H and O–H groups in total. The summed E-state index contributed by atoms with van der Waals surface area (Å²) in [6, 6.07) is 9.15. The SMILES string of the molecule is COc1ccc2[nH]cc(C(=O)NCCc3cccs3)c(=O)c2c1. The summed E-state index contributed by atoms with van der Waals surface area (Å²) < 4.78 is 5.13. The number of H-pyrrole nitrogens is 1. The summed E-state index contributed by atoms with van der Waals surface area (Å²) in [5.74, 6) is 0.214. The number of carbonyl (C=O) groups excluding carboxylic acids is 1. The van der Waals surface area contributed by atoms with Gasteiger partial charge in [0.05, 0.1) is 7.11 Å². The molecule has 0 aliphatic heterocycles. The largest absolute Gasteiger partial charge is 0.497 e. The van der Waals surface area contributed by atoms with Gasteiger partial charge in [0, 0.05) is 28.5 Å². The maximum atomic E-state index is 12.5. The van der Waals surface area contributed by atoms with E-state index in [4.69, 9.17) is 4.74 Å². The number of carbonyl (C=O) groups is 1. The summed E-state index contributed by atoms with van der Waals surface area (Å²) in [4.78, 5) is 28.9. The van der Waals surface area contributed by atoms with E-state index in [9.17, 15) is 9.59 Å². The summed E-state index contributed by atoms with van der Waals surface area (Å²) in [5, 5.41) is 5.23. The number of fused-ring (bicyclic) bond motifs is 1. The van der Waals surface area contributed by atoms with Crippen LogP contribution in [0, 0.1) is 0 Å². The number of nitrogens with one attached hydrogen (secondary N) is 2. The van der Waals surface area contributed by atoms with Crippen molar-refractivity contribution in [2.24, 2.45) is 0 Å². The first-order chi connectivity index (χ1) is 11.2. The predicted octanol–water partition coefficient (Wildman–Crippen LogP) is 2.57. The fraction of sp³-hybridized carbons (Fsp3) is 0.176. The smallest absolute Gasteiger partial charge is 0.256 e. The first kappa shape index (κ1) is 15.3. The molecule has 0 aliphatic rings. The molecule has 0 radical (unpaired) electrons. The molecule has 0 saturated heterocycles. The zero-order valence-electron chi connectivity index (χ0n) is 12.6. The molecular weight excluding hydrogens is 312 g/mol. The van der Waals surface area contributed by atoms with Crippen molar-refractivity contribution in [1.29, 1.82) is 0 Å². The third kappa shape index (κ3) is 3.27. The topological polar surface area (TPSA) is 71.2 Å². The van der Waals surface area contributed by atoms with Crippen LogP contribution < -0.4 is 15.5 Å². The van der Waals surface area contributed by atoms with Gasteiger partial charge in [-0.05, 0) is 36.1 Å². The van der Waals surface area contributed by atoms with Gasteiger partial charge in [-0.1, -0.05) is 6.07 Å². The predicted molar refractivity (Wildman–Crippen MR) is 91.5 cm³/mol. The van der Waals surface area contributed by atoms with Crippen LogP contribution in [0.25, 0.3) is 10.9 Å². The number of aromatic nitrogens is 1. The number of hydrogen-bond acceptors (Lipinski definition) is 4. The van der Waals surface area contributed by atoms with E-state index in [1.54, 1.807) is 29.5 Å². The van der Waals surface area contributed by atoms with Crippen LogP contribution in [0.5, 0.6) is 5.75 Å². The molecule has 0 saturated carbocycles. The van der Waals surface area contributed by atoms with Gasteiger partial charge in [-0.3, -0.25) is 9.59 Å². The maximum Gasteiger partial charge on any atom is 0.256 e. The third-order valence-corrected chi connectivity index (χ3v) is 4.51. The van der Waals surface area contributed by atoms with Crippen molar-refractivity contribution in [2.75, 3.05) is 13.7 Å². The number of rotatable bonds is 5. The quantitative estimate of drug-likeness (QED) is 0.756. The van der Waals surface area contributed by atoms with Gasteiger partial charge in [0.15, 0.2) is 0 Å². The number of ether oxygens (including phenoxy) is 1. The number of thiophene rings is 1. The summed E-state index contributed by atoms with van der Waals surface area (Å²) >= 11 is 1.65. The number of benzene rings is 1. The van der Waals surface area contributed by atoms with Crippen molar-refractivity contribution < 1.29 is 9.53 Å². The highest BCUT2D eigenvalue weighted by molar-refractivity contribution is 7.09. The molecule has 0 spiro atoms. The Bertz CT molecular complexity index is 884. The first-order valence-corrected chi connectivity index (χ1v) is 8.07. The number of hydrogen-bond donors (Lipinski definition) is 2. The van der Waals surface area contributed by atoms with Crippen molar-refractivity contribution in [3.05, 3.63) is 62.6 Å². The highest BCUT2D eigenvalue weighted by atomic mass is 32.1. The van der Waals surface area contributed by atoms with E-state index >= 15 is 0 Å². The first-order valence-electron chi connectivity index (χ1n) is 7.19. The molecular formula is C17H16N2O3S. The minimum atomic E-state index is -0.368. The van der Waals surface area contributed by atoms with Crippen molar-refractivity contribution in [2.45, 2.75) is 6.42 Å². The van der Waals surface area contributed by atoms with Crippen molar-refractivity contribution >= 4 is 28.1 Å². The van der Waals surface area contributed by atoms with Crippen LogP contribution >= 0.6 is 11.3 Å². The van der Waals surface area contributed by atoms with E-state index in [1.165, 1.54) is 18.2 Å². The Balaban J connectivity index is 1.80. The molecule has 6 heteroatoms. The molecule has 1 aromatic carbocycles. The molecule has 0 fully saturated rings. The van der Waals surface area contributed by atoms with Gasteiger partial charge < -0.3 is 15.0 Å². The van der Waals surface area contributed by atoms with Crippen LogP contribution in [0.1, 0.15) is 15.2 Å². The molecule has 118 valence electrons. The summed E-state index contributed by atoms with van der Waals surface area (Å²) in [6.07, 6.45) is 2.21. The molecule has 3 rings (SSSR count). The van der Waals surface area contributed by atoms with Gasteiger partial charge in [0.1, 0.15) is 11.3 Å². The molecule has 23 heavy (non-hydrogen) atoms. The lowest BCUT2D eigenvalue weighted by molar-refractivity contribution is 0.0953. The Hall–Kier alpha value is -2.60. The Labute approximate surface area is 136 Å². The highest BCUT2D eigenvalue weighted by Crippen LogP contribution is 2.16. The second-order valence-electron chi connectivity index (χ2n) is 5.03. The van der Waals surface area contributed by atoms with E-state index in [-0.39, 0.29) is 16.9 Å². The lowest BCUT2D eigenvalue weighted by Crippen LogP contribution is -2.30. The van der Waals surface area contributed by atoms with Crippen LogP contribution in [-0.2, 0) is 6.42 Å². The summed E-state index contributed by atoms with van der Waals surface area (Å²) in [5.41, 5.74) is 0.481. The lowest BCUT2D eigenvalue weighted by atomic mass is 10.1. The molecule has 1 amide bonds. The van der Waals surface area contributed by atoms with Crippen LogP contribution in [0.15, 0.2) is 46.7 Å². The zero-order valence-corrected chi connectivity index (χ0v) is 13.4. The van der Waals surface area contributed by atoms with E-state index < -0.39 is 0 Å². The highest BCUT2D eigenvalue weighted by Gasteiger charge is 2.13. The zero-order chi connectivity index (χ0) is 16.2. The minimum absolute atomic E-state index is 0.108. The molecule has 3 aromatic rings. The number of amides is 1. The average Bonchev–Trinajstić information content (AvgIpc) is 3.08. The molecule has 0 atom stereocenters. The number of pyridine rings is 1. The normalized spacial score (nSPS) is 10.7. The average molecular weight is 328 g/mol. The van der Waals surface area contributed by atoms with E-state index in [0.29, 0.717) is 23.2 Å². The maximum absolute atomic E-state index is 12.5. The van der Waals surface area contributed by atoms with Crippen molar-refractivity contribution in [1.82, 2.24) is 10.3 Å². The second kappa shape index (κ2) is 6.66. The van der Waals surface area contributed by atoms with Crippen LogP contribution in [0.2, 0.25) is 0 Å². The van der Waals surface area contributed by atoms with E-state index in [2.05, 4.69) is 10.3 Å². The van der Waals surface area contributed by atoms with Crippen LogP contribution in [0.4, 0.5) is 0 Å². The van der Waals surface area contributed by atoms with Crippen molar-refractivity contribution in [3.63, 3.8) is 0 Å². The Morgan fingerprint density at radius 3 is 2.96 bits per heavy atom. The van der Waals surface area contributed by atoms with Crippen molar-refractivity contribution in [3.8, 4) is 5.75 Å². The van der Waals surface area contributed by atoms with Crippen LogP contribution in [-0.4, -0.2) is 24.5 Å². The van der Waals surface area contributed by atoms with Gasteiger partial charge in [-0.15, -0.1) is 11.3 Å². The van der Waals surface area contributed by atoms with Gasteiger partial charge in [-0.2, -0.15) is 0 Å². The molecule has 2 aromatic heterocycles. The number of aromatic amines is 1. The Morgan fingerprint density at radius 2 is 2.22 bits per heavy atom. The Morgan fingerprint density at radius 1 is 1.35 bits per heavy atom. The van der Waals surface area contributed by atoms with Crippen LogP contribution in [0.3, 0.4) is 0 Å². The lowest BCUT2D eigenvalue weighted by Gasteiger charge is -2.06. The summed E-state index contributed by atoms with van der Waals surface area (Å²) in [6.45, 7) is 0.495.